The molecule has 506 valence electrons. The quantitative estimate of drug-likeness (QED) is 0.0459. The summed E-state index contributed by atoms with van der Waals surface area (Å²) < 4.78 is 6.09. The number of nitrogens with zero attached hydrogens (tertiary/aromatic N) is 9. The van der Waals surface area contributed by atoms with E-state index in [1.807, 2.05) is 27.7 Å². The van der Waals surface area contributed by atoms with Gasteiger partial charge in [-0.25, -0.2) is 0 Å². The summed E-state index contributed by atoms with van der Waals surface area (Å²) in [5.41, 5.74) is 0. The number of hydrogen-bond acceptors (Lipinski definition) is 15. The number of carbonyl (C=O) groups is 11. The van der Waals surface area contributed by atoms with Crippen molar-refractivity contribution in [2.45, 2.75) is 227 Å². The number of allylic oxidation sites excluding steroid dienone is 2. The van der Waals surface area contributed by atoms with Crippen LogP contribution in [0, 0.1) is 29.6 Å². The van der Waals surface area contributed by atoms with Crippen molar-refractivity contribution >= 4 is 71.2 Å². The molecule has 0 saturated carbocycles. The first-order valence-corrected chi connectivity index (χ1v) is 31.5. The Morgan fingerprint density at radius 1 is 0.607 bits per heavy atom. The van der Waals surface area contributed by atoms with Crippen LogP contribution in [0.1, 0.15) is 149 Å². The lowest BCUT2D eigenvalue weighted by Gasteiger charge is -2.45. The zero-order chi connectivity index (χ0) is 68.4. The lowest BCUT2D eigenvalue weighted by molar-refractivity contribution is -0.161. The van der Waals surface area contributed by atoms with Gasteiger partial charge in [-0.2, -0.15) is 0 Å². The summed E-state index contributed by atoms with van der Waals surface area (Å²) in [6, 6.07) is -14.5. The highest BCUT2D eigenvalue weighted by atomic mass is 16.5. The first-order valence-electron chi connectivity index (χ1n) is 31.5. The number of amides is 11. The summed E-state index contributed by atoms with van der Waals surface area (Å²) in [6.07, 6.45) is 3.14. The van der Waals surface area contributed by atoms with Gasteiger partial charge < -0.3 is 70.2 Å². The maximum Gasteiger partial charge on any atom is 0.246 e. The smallest absolute Gasteiger partial charge is 0.246 e. The number of unbranched alkanes of at least 4 members (excludes halogenated alkanes) is 1. The Morgan fingerprint density at radius 3 is 1.69 bits per heavy atom. The summed E-state index contributed by atoms with van der Waals surface area (Å²) in [7, 11) is 9.66. The first kappa shape index (κ1) is 78.4. The lowest BCUT2D eigenvalue weighted by atomic mass is 9.91. The molecule has 26 heteroatoms. The number of carbonyl (C=O) groups excluding carboxylic acids is 11. The van der Waals surface area contributed by atoms with Crippen LogP contribution in [0.2, 0.25) is 0 Å². The SMILES string of the molecule is C/C=C/C[C@@H](C)[C@@H](O)[C@@H]1C(=O)N[C@@H](CC)C(=O)N(C)CC(=O)N(C)[C@@H]([C@@H](C)OCCC/C=N/O)C(=O)N[C@@H](C(C)C)C(=O)N(C)[C@@H](CC(C)C)C(=O)N[C@@H](C)C(=O)N2C(C)C[C@@H](C(=O)N(C)[C@@H](C(C)C)C(=O)N1C)N(C)C(=O)[C@H](CC(C)C)N(C)C(=O)[C@H]2C. The predicted molar refractivity (Wildman–Crippen MR) is 337 cm³/mol. The zero-order valence-electron chi connectivity index (χ0n) is 57.3. The molecule has 2 saturated heterocycles. The maximum absolute atomic E-state index is 15.5. The molecule has 2 rings (SSSR count). The van der Waals surface area contributed by atoms with Crippen LogP contribution in [0.15, 0.2) is 17.3 Å². The second kappa shape index (κ2) is 35.6. The number of fused-ring (bicyclic) bond motifs is 3. The number of rotatable bonds is 17. The summed E-state index contributed by atoms with van der Waals surface area (Å²) in [4.78, 5) is 173. The van der Waals surface area contributed by atoms with E-state index in [2.05, 4.69) is 21.1 Å². The molecule has 2 aliphatic rings. The molecule has 14 atom stereocenters. The van der Waals surface area contributed by atoms with E-state index >= 15 is 14.4 Å². The van der Waals surface area contributed by atoms with E-state index in [1.165, 1.54) is 93.9 Å². The normalized spacial score (nSPS) is 28.0. The Balaban J connectivity index is 3.16. The van der Waals surface area contributed by atoms with Crippen molar-refractivity contribution in [3.05, 3.63) is 12.2 Å². The van der Waals surface area contributed by atoms with Gasteiger partial charge in [0, 0.05) is 68.2 Å². The van der Waals surface area contributed by atoms with Gasteiger partial charge in [0.15, 0.2) is 0 Å². The molecular weight excluding hydrogens is 1150 g/mol. The highest BCUT2D eigenvalue weighted by Gasteiger charge is 2.48. The van der Waals surface area contributed by atoms with E-state index in [0.717, 1.165) is 14.7 Å². The van der Waals surface area contributed by atoms with Crippen LogP contribution in [-0.2, 0) is 57.5 Å². The minimum Gasteiger partial charge on any atom is -0.411 e. The largest absolute Gasteiger partial charge is 0.411 e. The zero-order valence-corrected chi connectivity index (χ0v) is 57.3. The van der Waals surface area contributed by atoms with Crippen molar-refractivity contribution in [2.75, 3.05) is 62.5 Å². The number of hydrogen-bond donors (Lipinski definition) is 5. The topological polar surface area (TPSA) is 312 Å². The predicted octanol–water partition coefficient (Wildman–Crippen LogP) is 2.33. The number of oxime groups is 1. The number of nitrogens with one attached hydrogen (secondary N) is 3. The molecule has 0 aromatic rings. The third-order valence-corrected chi connectivity index (χ3v) is 17.3. The fraction of sp³-hybridized carbons (Fsp3) is 0.778. The molecule has 89 heavy (non-hydrogen) atoms. The Labute approximate surface area is 529 Å². The fourth-order valence-corrected chi connectivity index (χ4v) is 11.8. The van der Waals surface area contributed by atoms with E-state index in [9.17, 15) is 43.5 Å². The molecule has 2 heterocycles. The van der Waals surface area contributed by atoms with Crippen LogP contribution in [0.4, 0.5) is 0 Å². The minimum atomic E-state index is -1.67. The van der Waals surface area contributed by atoms with Crippen molar-refractivity contribution in [3.63, 3.8) is 0 Å². The van der Waals surface area contributed by atoms with Crippen LogP contribution in [0.25, 0.3) is 0 Å². The standard InChI is InChI=1S/C63H110N12O14/c1-23-25-28-39(11)53(77)52-56(80)66-44(24-2)59(83)68(16)34-48(76)72(20)51(43(15)89-30-27-26-29-64-88)55(79)67-49(37(7)8)62(86)69(17)45(31-35(3)4)54(78)65-41(13)57(81)75-40(12)33-47(61(85)73(21)50(38(9)10)63(87)74(52)22)71(19)60(84)46(32-36(5)6)70(18)58(82)42(75)14/h23,25,29,35-47,49-53,77,88H,24,26-28,30-34H2,1-22H3,(H,65,78)(H,66,80)(H,67,79)/b25-23+,64-29+/t39-,40?,41+,42-,43-,44+,45+,46+,47+,49+,50+,51+,52-,53-/m1/s1. The molecule has 0 aromatic heterocycles. The maximum atomic E-state index is 15.5. The highest BCUT2D eigenvalue weighted by Crippen LogP contribution is 2.28. The van der Waals surface area contributed by atoms with Crippen molar-refractivity contribution in [1.29, 1.82) is 0 Å². The van der Waals surface area contributed by atoms with Gasteiger partial charge in [0.25, 0.3) is 0 Å². The van der Waals surface area contributed by atoms with Gasteiger partial charge in [0.05, 0.1) is 18.8 Å². The molecule has 2 bridgehead atoms. The summed E-state index contributed by atoms with van der Waals surface area (Å²) >= 11 is 0. The van der Waals surface area contributed by atoms with Gasteiger partial charge in [0.2, 0.25) is 65.0 Å². The number of ether oxygens (including phenoxy) is 1. The Bertz CT molecular complexity index is 2510. The Hall–Kier alpha value is -6.70. The number of likely N-dealkylation sites (N-methyl/N-ethyl adjacent to an activating group) is 7. The molecule has 2 aliphatic heterocycles. The molecule has 0 spiro atoms. The molecule has 0 aromatic carbocycles. The second-order valence-electron chi connectivity index (χ2n) is 26.1. The number of aliphatic hydroxyl groups is 1. The van der Waals surface area contributed by atoms with E-state index in [0.29, 0.717) is 12.8 Å². The summed E-state index contributed by atoms with van der Waals surface area (Å²) in [5.74, 6) is -10.3. The Morgan fingerprint density at radius 2 is 1.16 bits per heavy atom. The van der Waals surface area contributed by atoms with E-state index in [4.69, 9.17) is 9.94 Å². The third kappa shape index (κ3) is 20.4. The molecule has 11 amide bonds. The van der Waals surface area contributed by atoms with Crippen molar-refractivity contribution in [3.8, 4) is 0 Å². The van der Waals surface area contributed by atoms with Gasteiger partial charge >= 0.3 is 0 Å². The van der Waals surface area contributed by atoms with Crippen LogP contribution in [0.3, 0.4) is 0 Å². The van der Waals surface area contributed by atoms with Crippen molar-refractivity contribution in [2.24, 2.45) is 34.7 Å². The van der Waals surface area contributed by atoms with Gasteiger partial charge in [0.1, 0.15) is 60.4 Å². The van der Waals surface area contributed by atoms with E-state index in [-0.39, 0.29) is 50.5 Å². The third-order valence-electron chi connectivity index (χ3n) is 17.3. The van der Waals surface area contributed by atoms with Gasteiger partial charge in [-0.05, 0) is 109 Å². The lowest BCUT2D eigenvalue weighted by Crippen LogP contribution is -2.65. The van der Waals surface area contributed by atoms with E-state index in [1.54, 1.807) is 74.5 Å². The van der Waals surface area contributed by atoms with Crippen LogP contribution in [-0.4, -0.2) is 262 Å². The first-order chi connectivity index (χ1) is 41.4. The molecule has 5 N–H and O–H groups in total. The monoisotopic (exact) mass is 1260 g/mol. The van der Waals surface area contributed by atoms with Crippen molar-refractivity contribution in [1.82, 2.24) is 55.1 Å². The fourth-order valence-electron chi connectivity index (χ4n) is 11.8. The average molecular weight is 1260 g/mol. The van der Waals surface area contributed by atoms with Crippen LogP contribution >= 0.6 is 0 Å². The molecule has 0 aliphatic carbocycles. The van der Waals surface area contributed by atoms with Crippen LogP contribution in [0.5, 0.6) is 0 Å². The minimum absolute atomic E-state index is 0.0240. The van der Waals surface area contributed by atoms with Gasteiger partial charge in [-0.1, -0.05) is 81.4 Å². The highest BCUT2D eigenvalue weighted by molar-refractivity contribution is 6.00. The Kier molecular flexibility index (Phi) is 31.4. The van der Waals surface area contributed by atoms with Crippen molar-refractivity contribution < 1.29 is 67.8 Å². The van der Waals surface area contributed by atoms with Crippen LogP contribution < -0.4 is 16.0 Å². The van der Waals surface area contributed by atoms with E-state index < -0.39 is 168 Å². The summed E-state index contributed by atoms with van der Waals surface area (Å²) in [6.45, 7) is 24.8. The molecular formula is C63H110N12O14. The number of aliphatic hydroxyl groups excluding tert-OH is 1. The molecule has 0 radical (unpaired) electrons. The van der Waals surface area contributed by atoms with Gasteiger partial charge in [-0.15, -0.1) is 5.16 Å². The molecule has 2 fully saturated rings. The average Bonchev–Trinajstić information content (AvgIpc) is 1.07. The van der Waals surface area contributed by atoms with Gasteiger partial charge in [-0.3, -0.25) is 52.7 Å². The molecule has 26 nitrogen and oxygen atoms in total. The molecule has 1 unspecified atom stereocenters. The second-order valence-corrected chi connectivity index (χ2v) is 26.1. The summed E-state index contributed by atoms with van der Waals surface area (Å²) in [5, 5.41) is 32.5.